The summed E-state index contributed by atoms with van der Waals surface area (Å²) in [6.07, 6.45) is -0.903. The lowest BCUT2D eigenvalue weighted by Crippen LogP contribution is -1.90. The van der Waals surface area contributed by atoms with Crippen LogP contribution in [0.1, 0.15) is 17.9 Å². The lowest BCUT2D eigenvalue weighted by Gasteiger charge is -2.03. The molecule has 8 heteroatoms. The predicted molar refractivity (Wildman–Crippen MR) is 68.0 cm³/mol. The van der Waals surface area contributed by atoms with Crippen molar-refractivity contribution >= 4 is 17.0 Å². The molecule has 5 nitrogen and oxygen atoms in total. The SMILES string of the molecule is C[C@@H](O)c1cc([N+](=O)[O-])c(Oc2cc(F)cc(F)c2)s1. The first-order valence-electron chi connectivity index (χ1n) is 5.47. The maximum absolute atomic E-state index is 13.0. The van der Waals surface area contributed by atoms with Crippen LogP contribution in [-0.2, 0) is 0 Å². The zero-order valence-corrected chi connectivity index (χ0v) is 11.0. The number of nitrogens with zero attached hydrogens (tertiary/aromatic N) is 1. The van der Waals surface area contributed by atoms with E-state index < -0.39 is 22.7 Å². The maximum Gasteiger partial charge on any atom is 0.323 e. The van der Waals surface area contributed by atoms with Crippen LogP contribution in [0.15, 0.2) is 24.3 Å². The van der Waals surface area contributed by atoms with Crippen molar-refractivity contribution in [1.29, 1.82) is 0 Å². The molecule has 0 aliphatic carbocycles. The summed E-state index contributed by atoms with van der Waals surface area (Å²) in [5.74, 6) is -1.89. The highest BCUT2D eigenvalue weighted by atomic mass is 32.1. The van der Waals surface area contributed by atoms with Gasteiger partial charge in [0.1, 0.15) is 17.4 Å². The zero-order chi connectivity index (χ0) is 14.9. The molecule has 1 atom stereocenters. The number of aliphatic hydroxyl groups is 1. The molecule has 0 saturated carbocycles. The molecule has 2 rings (SSSR count). The number of benzene rings is 1. The van der Waals surface area contributed by atoms with E-state index in [2.05, 4.69) is 0 Å². The third-order valence-electron chi connectivity index (χ3n) is 2.35. The summed E-state index contributed by atoms with van der Waals surface area (Å²) in [5.41, 5.74) is -0.365. The Morgan fingerprint density at radius 2 is 1.90 bits per heavy atom. The van der Waals surface area contributed by atoms with Gasteiger partial charge < -0.3 is 9.84 Å². The Morgan fingerprint density at radius 1 is 1.30 bits per heavy atom. The molecule has 0 spiro atoms. The molecule has 0 amide bonds. The fourth-order valence-electron chi connectivity index (χ4n) is 1.48. The number of hydrogen-bond donors (Lipinski definition) is 1. The quantitative estimate of drug-likeness (QED) is 0.689. The van der Waals surface area contributed by atoms with Gasteiger partial charge in [-0.05, 0) is 6.92 Å². The Hall–Kier alpha value is -2.06. The van der Waals surface area contributed by atoms with E-state index in [9.17, 15) is 24.0 Å². The molecule has 20 heavy (non-hydrogen) atoms. The van der Waals surface area contributed by atoms with Gasteiger partial charge in [0.15, 0.2) is 0 Å². The predicted octanol–water partition coefficient (Wildman–Crippen LogP) is 3.78. The third-order valence-corrected chi connectivity index (χ3v) is 3.53. The van der Waals surface area contributed by atoms with Gasteiger partial charge >= 0.3 is 5.69 Å². The fraction of sp³-hybridized carbons (Fsp3) is 0.167. The number of ether oxygens (including phenoxy) is 1. The van der Waals surface area contributed by atoms with E-state index in [1.807, 2.05) is 0 Å². The van der Waals surface area contributed by atoms with Gasteiger partial charge in [0, 0.05) is 29.1 Å². The highest BCUT2D eigenvalue weighted by molar-refractivity contribution is 7.14. The van der Waals surface area contributed by atoms with Crippen LogP contribution in [0.25, 0.3) is 0 Å². The molecule has 0 unspecified atom stereocenters. The van der Waals surface area contributed by atoms with Crippen LogP contribution in [0, 0.1) is 21.7 Å². The molecular formula is C12H9F2NO4S. The van der Waals surface area contributed by atoms with Crippen molar-refractivity contribution < 1.29 is 23.5 Å². The van der Waals surface area contributed by atoms with Crippen molar-refractivity contribution in [2.75, 3.05) is 0 Å². The Morgan fingerprint density at radius 3 is 2.40 bits per heavy atom. The Balaban J connectivity index is 2.39. The Kier molecular flexibility index (Phi) is 3.96. The Bertz CT molecular complexity index is 637. The van der Waals surface area contributed by atoms with Gasteiger partial charge in [-0.3, -0.25) is 10.1 Å². The van der Waals surface area contributed by atoms with E-state index in [1.165, 1.54) is 13.0 Å². The largest absolute Gasteiger partial charge is 0.440 e. The lowest BCUT2D eigenvalue weighted by molar-refractivity contribution is -0.385. The lowest BCUT2D eigenvalue weighted by atomic mass is 10.3. The minimum atomic E-state index is -0.903. The van der Waals surface area contributed by atoms with Crippen LogP contribution in [0.2, 0.25) is 0 Å². The number of thiophene rings is 1. The van der Waals surface area contributed by atoms with Crippen molar-refractivity contribution in [2.24, 2.45) is 0 Å². The van der Waals surface area contributed by atoms with Gasteiger partial charge in [-0.2, -0.15) is 0 Å². The van der Waals surface area contributed by atoms with Crippen LogP contribution in [-0.4, -0.2) is 10.0 Å². The molecule has 0 aliphatic rings. The monoisotopic (exact) mass is 301 g/mol. The number of hydrogen-bond acceptors (Lipinski definition) is 5. The van der Waals surface area contributed by atoms with E-state index >= 15 is 0 Å². The molecule has 1 aromatic carbocycles. The summed E-state index contributed by atoms with van der Waals surface area (Å²) in [7, 11) is 0. The molecule has 0 aliphatic heterocycles. The van der Waals surface area contributed by atoms with E-state index in [-0.39, 0.29) is 16.5 Å². The number of rotatable bonds is 4. The van der Waals surface area contributed by atoms with Crippen molar-refractivity contribution in [2.45, 2.75) is 13.0 Å². The molecule has 0 saturated heterocycles. The van der Waals surface area contributed by atoms with Gasteiger partial charge in [0.2, 0.25) is 0 Å². The summed E-state index contributed by atoms with van der Waals surface area (Å²) in [6.45, 7) is 1.45. The molecule has 1 heterocycles. The molecular weight excluding hydrogens is 292 g/mol. The van der Waals surface area contributed by atoms with Crippen molar-refractivity contribution in [3.8, 4) is 10.8 Å². The smallest absolute Gasteiger partial charge is 0.323 e. The summed E-state index contributed by atoms with van der Waals surface area (Å²) in [4.78, 5) is 10.5. The average molecular weight is 301 g/mol. The minimum absolute atomic E-state index is 0.143. The van der Waals surface area contributed by atoms with Gasteiger partial charge in [-0.1, -0.05) is 11.3 Å². The summed E-state index contributed by atoms with van der Waals surface area (Å²) >= 11 is 0.844. The molecule has 0 bridgehead atoms. The average Bonchev–Trinajstić information content (AvgIpc) is 2.71. The first kappa shape index (κ1) is 14.4. The molecule has 106 valence electrons. The third kappa shape index (κ3) is 3.09. The summed E-state index contributed by atoms with van der Waals surface area (Å²) in [5, 5.41) is 20.2. The second-order valence-corrected chi connectivity index (χ2v) is 5.01. The van der Waals surface area contributed by atoms with Crippen LogP contribution in [0.5, 0.6) is 10.8 Å². The molecule has 1 aromatic heterocycles. The second kappa shape index (κ2) is 5.51. The first-order chi connectivity index (χ1) is 9.36. The summed E-state index contributed by atoms with van der Waals surface area (Å²) in [6, 6.07) is 3.65. The van der Waals surface area contributed by atoms with Gasteiger partial charge in [-0.25, -0.2) is 8.78 Å². The number of nitro groups is 1. The maximum atomic E-state index is 13.0. The Labute approximate surface area is 116 Å². The zero-order valence-electron chi connectivity index (χ0n) is 10.2. The molecule has 0 radical (unpaired) electrons. The molecule has 2 aromatic rings. The topological polar surface area (TPSA) is 72.6 Å². The normalized spacial score (nSPS) is 12.2. The van der Waals surface area contributed by atoms with Gasteiger partial charge in [0.05, 0.1) is 11.0 Å². The van der Waals surface area contributed by atoms with Crippen LogP contribution in [0.4, 0.5) is 14.5 Å². The van der Waals surface area contributed by atoms with E-state index in [0.29, 0.717) is 10.9 Å². The van der Waals surface area contributed by atoms with Crippen LogP contribution < -0.4 is 4.74 Å². The first-order valence-corrected chi connectivity index (χ1v) is 6.28. The van der Waals surface area contributed by atoms with Crippen molar-refractivity contribution in [3.63, 3.8) is 0 Å². The van der Waals surface area contributed by atoms with E-state index in [0.717, 1.165) is 23.5 Å². The van der Waals surface area contributed by atoms with Gasteiger partial charge in [-0.15, -0.1) is 0 Å². The van der Waals surface area contributed by atoms with Crippen LogP contribution >= 0.6 is 11.3 Å². The minimum Gasteiger partial charge on any atom is -0.440 e. The van der Waals surface area contributed by atoms with Crippen molar-refractivity contribution in [3.05, 3.63) is 50.9 Å². The molecule has 1 N–H and O–H groups in total. The highest BCUT2D eigenvalue weighted by Crippen LogP contribution is 2.42. The van der Waals surface area contributed by atoms with E-state index in [1.54, 1.807) is 0 Å². The molecule has 0 fully saturated rings. The van der Waals surface area contributed by atoms with E-state index in [4.69, 9.17) is 4.74 Å². The van der Waals surface area contributed by atoms with Gasteiger partial charge in [0.25, 0.3) is 5.06 Å². The van der Waals surface area contributed by atoms with Crippen LogP contribution in [0.3, 0.4) is 0 Å². The number of aliphatic hydroxyl groups excluding tert-OH is 1. The fourth-order valence-corrected chi connectivity index (χ4v) is 2.41. The summed E-state index contributed by atoms with van der Waals surface area (Å²) < 4.78 is 31.2. The van der Waals surface area contributed by atoms with Crippen molar-refractivity contribution in [1.82, 2.24) is 0 Å². The highest BCUT2D eigenvalue weighted by Gasteiger charge is 2.23. The second-order valence-electron chi connectivity index (χ2n) is 3.96. The standard InChI is InChI=1S/C12H9F2NO4S/c1-6(16)11-5-10(15(17)18)12(20-11)19-9-3-7(13)2-8(14)4-9/h2-6,16H,1H3/t6-/m1/s1. The number of halogens is 2.